The van der Waals surface area contributed by atoms with E-state index in [9.17, 15) is 0 Å². The van der Waals surface area contributed by atoms with Gasteiger partial charge in [-0.15, -0.1) is 11.6 Å². The van der Waals surface area contributed by atoms with Crippen LogP contribution >= 0.6 is 23.2 Å². The van der Waals surface area contributed by atoms with Gasteiger partial charge in [0.15, 0.2) is 0 Å². The van der Waals surface area contributed by atoms with Crippen LogP contribution in [-0.2, 0) is 11.3 Å². The Balaban J connectivity index is 2.04. The van der Waals surface area contributed by atoms with Crippen LogP contribution < -0.4 is 0 Å². The molecule has 2 heterocycles. The van der Waals surface area contributed by atoms with Crippen LogP contribution in [0.25, 0.3) is 0 Å². The van der Waals surface area contributed by atoms with Gasteiger partial charge in [0.1, 0.15) is 0 Å². The van der Waals surface area contributed by atoms with Crippen molar-refractivity contribution in [3.63, 3.8) is 0 Å². The Hall–Kier alpha value is -0.350. The standard InChI is InChI=1S/C12H16Cl2N2O/c1-9-8-17-11(4-13)7-16(9)6-10-2-3-15-5-12(10)14/h2-3,5,9,11H,4,6-8H2,1H3. The van der Waals surface area contributed by atoms with Crippen molar-refractivity contribution in [1.82, 2.24) is 9.88 Å². The Morgan fingerprint density at radius 1 is 1.59 bits per heavy atom. The van der Waals surface area contributed by atoms with E-state index in [0.717, 1.165) is 25.3 Å². The molecule has 1 aromatic rings. The molecule has 1 aromatic heterocycles. The van der Waals surface area contributed by atoms with Crippen molar-refractivity contribution in [2.24, 2.45) is 0 Å². The van der Waals surface area contributed by atoms with Gasteiger partial charge >= 0.3 is 0 Å². The van der Waals surface area contributed by atoms with Crippen molar-refractivity contribution in [1.29, 1.82) is 0 Å². The molecule has 17 heavy (non-hydrogen) atoms. The smallest absolute Gasteiger partial charge is 0.0838 e. The fraction of sp³-hybridized carbons (Fsp3) is 0.583. The first kappa shape index (κ1) is 13.1. The van der Waals surface area contributed by atoms with Crippen LogP contribution in [0.2, 0.25) is 5.02 Å². The molecule has 1 fully saturated rings. The summed E-state index contributed by atoms with van der Waals surface area (Å²) in [5.74, 6) is 0.535. The highest BCUT2D eigenvalue weighted by Crippen LogP contribution is 2.20. The number of morpholine rings is 1. The molecule has 5 heteroatoms. The zero-order chi connectivity index (χ0) is 12.3. The fourth-order valence-corrected chi connectivity index (χ4v) is 2.31. The Morgan fingerprint density at radius 3 is 3.12 bits per heavy atom. The minimum Gasteiger partial charge on any atom is -0.374 e. The van der Waals surface area contributed by atoms with Gasteiger partial charge in [0.05, 0.1) is 17.7 Å². The van der Waals surface area contributed by atoms with Crippen LogP contribution in [0.3, 0.4) is 0 Å². The van der Waals surface area contributed by atoms with Gasteiger partial charge in [0.25, 0.3) is 0 Å². The summed E-state index contributed by atoms with van der Waals surface area (Å²) < 4.78 is 5.62. The van der Waals surface area contributed by atoms with E-state index in [-0.39, 0.29) is 6.10 Å². The zero-order valence-electron chi connectivity index (χ0n) is 9.77. The quantitative estimate of drug-likeness (QED) is 0.793. The van der Waals surface area contributed by atoms with E-state index in [1.54, 1.807) is 12.4 Å². The van der Waals surface area contributed by atoms with E-state index in [4.69, 9.17) is 27.9 Å². The van der Waals surface area contributed by atoms with Crippen molar-refractivity contribution in [3.8, 4) is 0 Å². The Morgan fingerprint density at radius 2 is 2.41 bits per heavy atom. The summed E-state index contributed by atoms with van der Waals surface area (Å²) in [6.07, 6.45) is 3.57. The van der Waals surface area contributed by atoms with Crippen LogP contribution in [0.5, 0.6) is 0 Å². The maximum absolute atomic E-state index is 6.11. The number of hydrogen-bond donors (Lipinski definition) is 0. The van der Waals surface area contributed by atoms with Gasteiger partial charge in [-0.3, -0.25) is 9.88 Å². The van der Waals surface area contributed by atoms with Gasteiger partial charge in [-0.05, 0) is 18.6 Å². The number of pyridine rings is 1. The van der Waals surface area contributed by atoms with E-state index >= 15 is 0 Å². The minimum absolute atomic E-state index is 0.119. The normalized spacial score (nSPS) is 26.1. The van der Waals surface area contributed by atoms with Gasteiger partial charge in [-0.1, -0.05) is 11.6 Å². The number of hydrogen-bond acceptors (Lipinski definition) is 3. The molecule has 0 aromatic carbocycles. The molecule has 3 nitrogen and oxygen atoms in total. The number of halogens is 2. The van der Waals surface area contributed by atoms with E-state index in [2.05, 4.69) is 16.8 Å². The summed E-state index contributed by atoms with van der Waals surface area (Å²) in [6.45, 7) is 4.54. The average molecular weight is 275 g/mol. The van der Waals surface area contributed by atoms with Crippen LogP contribution in [0, 0.1) is 0 Å². The van der Waals surface area contributed by atoms with Crippen molar-refractivity contribution >= 4 is 23.2 Å². The van der Waals surface area contributed by atoms with Crippen LogP contribution in [0.15, 0.2) is 18.5 Å². The fourth-order valence-electron chi connectivity index (χ4n) is 1.94. The molecule has 2 rings (SSSR count). The molecule has 2 unspecified atom stereocenters. The second-order valence-corrected chi connectivity index (χ2v) is 5.07. The average Bonchev–Trinajstić information content (AvgIpc) is 2.35. The number of aromatic nitrogens is 1. The molecule has 0 aliphatic carbocycles. The Labute approximate surface area is 112 Å². The lowest BCUT2D eigenvalue weighted by molar-refractivity contribution is -0.0510. The molecule has 0 N–H and O–H groups in total. The lowest BCUT2D eigenvalue weighted by Crippen LogP contribution is -2.48. The monoisotopic (exact) mass is 274 g/mol. The number of rotatable bonds is 3. The highest BCUT2D eigenvalue weighted by molar-refractivity contribution is 6.31. The Kier molecular flexibility index (Phi) is 4.62. The largest absolute Gasteiger partial charge is 0.374 e. The van der Waals surface area contributed by atoms with E-state index in [1.165, 1.54) is 0 Å². The summed E-state index contributed by atoms with van der Waals surface area (Å²) >= 11 is 12.0. The predicted octanol–water partition coefficient (Wildman–Crippen LogP) is 2.56. The van der Waals surface area contributed by atoms with Gasteiger partial charge in [0.2, 0.25) is 0 Å². The first-order valence-electron chi connectivity index (χ1n) is 5.70. The van der Waals surface area contributed by atoms with E-state index in [0.29, 0.717) is 16.9 Å². The van der Waals surface area contributed by atoms with Crippen LogP contribution in [0.1, 0.15) is 12.5 Å². The molecule has 0 amide bonds. The number of nitrogens with zero attached hydrogens (tertiary/aromatic N) is 2. The Bertz CT molecular complexity index is 375. The third-order valence-corrected chi connectivity index (χ3v) is 3.72. The molecule has 0 spiro atoms. The lowest BCUT2D eigenvalue weighted by Gasteiger charge is -2.37. The molecule has 0 radical (unpaired) electrons. The maximum atomic E-state index is 6.11. The van der Waals surface area contributed by atoms with Crippen molar-refractivity contribution in [2.45, 2.75) is 25.6 Å². The summed E-state index contributed by atoms with van der Waals surface area (Å²) in [5, 5.41) is 0.716. The summed E-state index contributed by atoms with van der Waals surface area (Å²) in [4.78, 5) is 6.34. The predicted molar refractivity (Wildman–Crippen MR) is 69.6 cm³/mol. The van der Waals surface area contributed by atoms with E-state index in [1.807, 2.05) is 6.07 Å². The second-order valence-electron chi connectivity index (χ2n) is 4.36. The number of alkyl halides is 1. The number of ether oxygens (including phenoxy) is 1. The highest BCUT2D eigenvalue weighted by atomic mass is 35.5. The molecule has 1 aliphatic heterocycles. The van der Waals surface area contributed by atoms with Crippen LogP contribution in [-0.4, -0.2) is 41.1 Å². The topological polar surface area (TPSA) is 25.4 Å². The molecular formula is C12H16Cl2N2O. The molecule has 0 bridgehead atoms. The van der Waals surface area contributed by atoms with Gasteiger partial charge in [-0.25, -0.2) is 0 Å². The lowest BCUT2D eigenvalue weighted by atomic mass is 10.1. The first-order valence-corrected chi connectivity index (χ1v) is 6.62. The summed E-state index contributed by atoms with van der Waals surface area (Å²) in [6, 6.07) is 2.35. The highest BCUT2D eigenvalue weighted by Gasteiger charge is 2.25. The van der Waals surface area contributed by atoms with Gasteiger partial charge in [-0.2, -0.15) is 0 Å². The second kappa shape index (κ2) is 6.01. The first-order chi connectivity index (χ1) is 8.20. The van der Waals surface area contributed by atoms with Crippen molar-refractivity contribution < 1.29 is 4.74 Å². The van der Waals surface area contributed by atoms with Crippen molar-refractivity contribution in [2.75, 3.05) is 19.0 Å². The molecule has 1 saturated heterocycles. The molecule has 2 atom stereocenters. The van der Waals surface area contributed by atoms with Gasteiger partial charge in [0, 0.05) is 37.4 Å². The van der Waals surface area contributed by atoms with E-state index < -0.39 is 0 Å². The third kappa shape index (κ3) is 3.32. The molecular weight excluding hydrogens is 259 g/mol. The maximum Gasteiger partial charge on any atom is 0.0838 e. The SMILES string of the molecule is CC1COC(CCl)CN1Cc1ccncc1Cl. The summed E-state index contributed by atoms with van der Waals surface area (Å²) in [7, 11) is 0. The van der Waals surface area contributed by atoms with Gasteiger partial charge < -0.3 is 4.74 Å². The zero-order valence-corrected chi connectivity index (χ0v) is 11.3. The minimum atomic E-state index is 0.119. The molecule has 94 valence electrons. The molecule has 0 saturated carbocycles. The summed E-state index contributed by atoms with van der Waals surface area (Å²) in [5.41, 5.74) is 1.10. The molecule has 1 aliphatic rings. The van der Waals surface area contributed by atoms with Crippen molar-refractivity contribution in [3.05, 3.63) is 29.0 Å². The third-order valence-electron chi connectivity index (χ3n) is 3.04. The van der Waals surface area contributed by atoms with Crippen LogP contribution in [0.4, 0.5) is 0 Å².